The van der Waals surface area contributed by atoms with E-state index in [9.17, 15) is 22.0 Å². The number of rotatable bonds is 3. The normalized spacial score (nSPS) is 25.0. The van der Waals surface area contributed by atoms with Crippen LogP contribution in [0, 0.1) is 0 Å². The molecule has 3 nitrogen and oxygen atoms in total. The van der Waals surface area contributed by atoms with Crippen LogP contribution in [0.4, 0.5) is 22.0 Å². The standard InChI is InChI=1S/C15H14F5NO2/c16-14(17,18)15(19,20)23-13-3-1-9(2-4-13)10-5-11-7-22-8-12(6-10)21-11/h1-5,11-12,21H,6-8H2. The minimum Gasteiger partial charge on any atom is -0.426 e. The van der Waals surface area contributed by atoms with Gasteiger partial charge in [-0.3, -0.25) is 0 Å². The van der Waals surface area contributed by atoms with E-state index in [1.54, 1.807) is 0 Å². The smallest absolute Gasteiger partial charge is 0.426 e. The number of benzene rings is 1. The molecule has 2 aliphatic heterocycles. The fourth-order valence-corrected chi connectivity index (χ4v) is 2.68. The van der Waals surface area contributed by atoms with Gasteiger partial charge in [0.1, 0.15) is 5.75 Å². The second kappa shape index (κ2) is 5.76. The number of halogens is 5. The van der Waals surface area contributed by atoms with Gasteiger partial charge < -0.3 is 14.8 Å². The van der Waals surface area contributed by atoms with E-state index in [0.29, 0.717) is 19.6 Å². The summed E-state index contributed by atoms with van der Waals surface area (Å²) >= 11 is 0. The van der Waals surface area contributed by atoms with Gasteiger partial charge in [0.05, 0.1) is 13.2 Å². The highest BCUT2D eigenvalue weighted by Gasteiger charge is 2.61. The Hall–Kier alpha value is -1.67. The molecule has 8 heteroatoms. The average molecular weight is 335 g/mol. The van der Waals surface area contributed by atoms with Crippen LogP contribution in [0.1, 0.15) is 12.0 Å². The van der Waals surface area contributed by atoms with Crippen molar-refractivity contribution in [1.82, 2.24) is 5.32 Å². The summed E-state index contributed by atoms with van der Waals surface area (Å²) in [4.78, 5) is 0. The van der Waals surface area contributed by atoms with Gasteiger partial charge in [0.2, 0.25) is 0 Å². The third-order valence-corrected chi connectivity index (χ3v) is 3.74. The second-order valence-corrected chi connectivity index (χ2v) is 5.54. The zero-order valence-corrected chi connectivity index (χ0v) is 11.9. The highest BCUT2D eigenvalue weighted by Crippen LogP contribution is 2.37. The van der Waals surface area contributed by atoms with Gasteiger partial charge in [-0.2, -0.15) is 22.0 Å². The lowest BCUT2D eigenvalue weighted by Gasteiger charge is -2.35. The molecule has 2 atom stereocenters. The van der Waals surface area contributed by atoms with Crippen LogP contribution in [0.25, 0.3) is 5.57 Å². The van der Waals surface area contributed by atoms with Crippen molar-refractivity contribution in [3.05, 3.63) is 35.9 Å². The molecule has 0 radical (unpaired) electrons. The first-order chi connectivity index (χ1) is 10.7. The molecule has 0 spiro atoms. The van der Waals surface area contributed by atoms with E-state index in [1.807, 2.05) is 6.08 Å². The van der Waals surface area contributed by atoms with E-state index >= 15 is 0 Å². The largest absolute Gasteiger partial charge is 0.499 e. The molecule has 1 aromatic carbocycles. The van der Waals surface area contributed by atoms with Crippen molar-refractivity contribution in [2.45, 2.75) is 30.8 Å². The minimum atomic E-state index is -5.75. The summed E-state index contributed by atoms with van der Waals surface area (Å²) in [5.74, 6) is -0.533. The van der Waals surface area contributed by atoms with Crippen LogP contribution in [0.15, 0.2) is 30.3 Å². The van der Waals surface area contributed by atoms with Gasteiger partial charge in [-0.05, 0) is 29.7 Å². The van der Waals surface area contributed by atoms with Gasteiger partial charge in [-0.25, -0.2) is 0 Å². The van der Waals surface area contributed by atoms with Crippen molar-refractivity contribution >= 4 is 5.57 Å². The van der Waals surface area contributed by atoms with Crippen molar-refractivity contribution in [1.29, 1.82) is 0 Å². The molecule has 2 heterocycles. The van der Waals surface area contributed by atoms with Gasteiger partial charge >= 0.3 is 12.3 Å². The third kappa shape index (κ3) is 3.48. The first-order valence-electron chi connectivity index (χ1n) is 7.03. The highest BCUT2D eigenvalue weighted by atomic mass is 19.4. The van der Waals surface area contributed by atoms with E-state index in [4.69, 9.17) is 4.74 Å². The van der Waals surface area contributed by atoms with E-state index in [0.717, 1.165) is 23.3 Å². The lowest BCUT2D eigenvalue weighted by atomic mass is 9.92. The Morgan fingerprint density at radius 3 is 2.35 bits per heavy atom. The van der Waals surface area contributed by atoms with E-state index in [-0.39, 0.29) is 12.1 Å². The SMILES string of the molecule is FC(F)(F)C(F)(F)Oc1ccc(C2=CC3COCC(C2)N3)cc1. The van der Waals surface area contributed by atoms with Crippen LogP contribution in [0.5, 0.6) is 5.75 Å². The molecule has 2 bridgehead atoms. The van der Waals surface area contributed by atoms with Crippen molar-refractivity contribution in [2.75, 3.05) is 13.2 Å². The summed E-state index contributed by atoms with van der Waals surface area (Å²) in [5, 5.41) is 3.36. The molecule has 0 aromatic heterocycles. The van der Waals surface area contributed by atoms with E-state index in [1.165, 1.54) is 12.1 Å². The maximum absolute atomic E-state index is 12.8. The van der Waals surface area contributed by atoms with Crippen LogP contribution in [0.2, 0.25) is 0 Å². The van der Waals surface area contributed by atoms with Crippen molar-refractivity contribution in [3.8, 4) is 5.75 Å². The Labute approximate surface area is 129 Å². The van der Waals surface area contributed by atoms with Crippen molar-refractivity contribution in [3.63, 3.8) is 0 Å². The summed E-state index contributed by atoms with van der Waals surface area (Å²) in [6.45, 7) is 1.14. The summed E-state index contributed by atoms with van der Waals surface area (Å²) in [6, 6.07) is 5.46. The van der Waals surface area contributed by atoms with Gasteiger partial charge in [0, 0.05) is 12.1 Å². The Morgan fingerprint density at radius 1 is 1.04 bits per heavy atom. The monoisotopic (exact) mass is 335 g/mol. The summed E-state index contributed by atoms with van der Waals surface area (Å²) in [6.07, 6.45) is -8.27. The zero-order valence-electron chi connectivity index (χ0n) is 11.9. The molecular weight excluding hydrogens is 321 g/mol. The first kappa shape index (κ1) is 16.2. The average Bonchev–Trinajstić information content (AvgIpc) is 2.46. The Balaban J connectivity index is 1.74. The Morgan fingerprint density at radius 2 is 1.74 bits per heavy atom. The predicted octanol–water partition coefficient (Wildman–Crippen LogP) is 3.36. The van der Waals surface area contributed by atoms with Crippen LogP contribution in [-0.4, -0.2) is 37.6 Å². The number of morpholine rings is 1. The molecule has 3 rings (SSSR count). The molecule has 0 saturated carbocycles. The molecule has 2 unspecified atom stereocenters. The molecule has 1 saturated heterocycles. The van der Waals surface area contributed by atoms with Crippen LogP contribution >= 0.6 is 0 Å². The molecule has 126 valence electrons. The molecule has 1 N–H and O–H groups in total. The van der Waals surface area contributed by atoms with E-state index in [2.05, 4.69) is 10.1 Å². The number of alkyl halides is 5. The van der Waals surface area contributed by atoms with Gasteiger partial charge in [-0.1, -0.05) is 18.2 Å². The maximum atomic E-state index is 12.8. The van der Waals surface area contributed by atoms with Gasteiger partial charge in [-0.15, -0.1) is 0 Å². The number of fused-ring (bicyclic) bond motifs is 2. The number of hydrogen-bond donors (Lipinski definition) is 1. The van der Waals surface area contributed by atoms with E-state index < -0.39 is 18.0 Å². The molecule has 0 amide bonds. The van der Waals surface area contributed by atoms with Gasteiger partial charge in [0.15, 0.2) is 0 Å². The maximum Gasteiger partial charge on any atom is 0.499 e. The Bertz CT molecular complexity index is 597. The molecule has 2 aliphatic rings. The fraction of sp³-hybridized carbons (Fsp3) is 0.467. The van der Waals surface area contributed by atoms with Crippen molar-refractivity contribution < 1.29 is 31.4 Å². The topological polar surface area (TPSA) is 30.5 Å². The lowest BCUT2D eigenvalue weighted by Crippen LogP contribution is -2.50. The van der Waals surface area contributed by atoms with Crippen molar-refractivity contribution in [2.24, 2.45) is 0 Å². The summed E-state index contributed by atoms with van der Waals surface area (Å²) in [5.41, 5.74) is 1.78. The number of hydrogen-bond acceptors (Lipinski definition) is 3. The first-order valence-corrected chi connectivity index (χ1v) is 7.03. The predicted molar refractivity (Wildman–Crippen MR) is 72.2 cm³/mol. The van der Waals surface area contributed by atoms with Gasteiger partial charge in [0.25, 0.3) is 0 Å². The van der Waals surface area contributed by atoms with Crippen LogP contribution in [0.3, 0.4) is 0 Å². The third-order valence-electron chi connectivity index (χ3n) is 3.74. The summed E-state index contributed by atoms with van der Waals surface area (Å²) < 4.78 is 71.2. The molecular formula is C15H14F5NO2. The molecule has 23 heavy (non-hydrogen) atoms. The minimum absolute atomic E-state index is 0.0861. The zero-order chi connectivity index (χ0) is 16.7. The molecule has 0 aliphatic carbocycles. The fourth-order valence-electron chi connectivity index (χ4n) is 2.68. The van der Waals surface area contributed by atoms with Crippen LogP contribution in [-0.2, 0) is 4.74 Å². The Kier molecular flexibility index (Phi) is 4.05. The second-order valence-electron chi connectivity index (χ2n) is 5.54. The quantitative estimate of drug-likeness (QED) is 0.859. The summed E-state index contributed by atoms with van der Waals surface area (Å²) in [7, 11) is 0. The number of nitrogens with one attached hydrogen (secondary N) is 1. The molecule has 1 fully saturated rings. The lowest BCUT2D eigenvalue weighted by molar-refractivity contribution is -0.360. The highest BCUT2D eigenvalue weighted by molar-refractivity contribution is 5.68. The number of ether oxygens (including phenoxy) is 2. The van der Waals surface area contributed by atoms with Crippen LogP contribution < -0.4 is 10.1 Å². The molecule has 1 aromatic rings.